The van der Waals surface area contributed by atoms with E-state index in [1.807, 2.05) is 50.2 Å². The van der Waals surface area contributed by atoms with Gasteiger partial charge in [-0.25, -0.2) is 0 Å². The molecule has 2 heterocycles. The first-order valence-electron chi connectivity index (χ1n) is 11.0. The van der Waals surface area contributed by atoms with Crippen LogP contribution in [0.2, 0.25) is 5.02 Å². The van der Waals surface area contributed by atoms with Crippen LogP contribution >= 0.6 is 11.6 Å². The molecule has 2 atom stereocenters. The number of benzene rings is 2. The zero-order valence-corrected chi connectivity index (χ0v) is 19.4. The van der Waals surface area contributed by atoms with Crippen LogP contribution in [0.15, 0.2) is 76.3 Å². The minimum absolute atomic E-state index is 0.00493. The van der Waals surface area contributed by atoms with Crippen molar-refractivity contribution in [1.82, 2.24) is 5.32 Å². The molecule has 3 aromatic rings. The van der Waals surface area contributed by atoms with Gasteiger partial charge in [0.25, 0.3) is 5.91 Å². The Morgan fingerprint density at radius 3 is 2.67 bits per heavy atom. The fourth-order valence-electron chi connectivity index (χ4n) is 3.86. The standard InChI is InChI=1S/C26H26ClN3O3/c1-3-17(2)24-26(32)30(16-23(31)28-15-20-10-7-13-33-20)22-12-11-19(27)14-21(22)25(29-24)18-8-5-4-6-9-18/h4-14,17,24H,3,15-16H2,1-2H3,(H,28,31)/t17-,24+/m0/s1. The lowest BCUT2D eigenvalue weighted by Gasteiger charge is -2.26. The van der Waals surface area contributed by atoms with Gasteiger partial charge in [-0.05, 0) is 36.2 Å². The number of hydrogen-bond acceptors (Lipinski definition) is 4. The number of furan rings is 1. The highest BCUT2D eigenvalue weighted by Crippen LogP contribution is 2.32. The molecule has 2 amide bonds. The van der Waals surface area contributed by atoms with Crippen molar-refractivity contribution in [3.05, 3.63) is 88.8 Å². The Morgan fingerprint density at radius 2 is 1.97 bits per heavy atom. The Hall–Kier alpha value is -3.38. The van der Waals surface area contributed by atoms with E-state index in [0.717, 1.165) is 17.5 Å². The van der Waals surface area contributed by atoms with Crippen LogP contribution < -0.4 is 10.2 Å². The molecular weight excluding hydrogens is 438 g/mol. The first-order valence-corrected chi connectivity index (χ1v) is 11.4. The van der Waals surface area contributed by atoms with Gasteiger partial charge in [0.05, 0.1) is 24.2 Å². The first-order chi connectivity index (χ1) is 16.0. The number of fused-ring (bicyclic) bond motifs is 1. The van der Waals surface area contributed by atoms with Gasteiger partial charge < -0.3 is 14.6 Å². The van der Waals surface area contributed by atoms with Crippen LogP contribution in [0.4, 0.5) is 5.69 Å². The van der Waals surface area contributed by atoms with Gasteiger partial charge in [0, 0.05) is 16.1 Å². The first kappa shape index (κ1) is 22.8. The lowest BCUT2D eigenvalue weighted by molar-refractivity contribution is -0.125. The number of carbonyl (C=O) groups is 2. The molecule has 0 saturated carbocycles. The average molecular weight is 464 g/mol. The van der Waals surface area contributed by atoms with E-state index in [4.69, 9.17) is 21.0 Å². The second kappa shape index (κ2) is 10.0. The van der Waals surface area contributed by atoms with Crippen molar-refractivity contribution in [3.8, 4) is 0 Å². The Kier molecular flexibility index (Phi) is 6.94. The predicted molar refractivity (Wildman–Crippen MR) is 130 cm³/mol. The maximum Gasteiger partial charge on any atom is 0.252 e. The van der Waals surface area contributed by atoms with Gasteiger partial charge in [-0.15, -0.1) is 0 Å². The van der Waals surface area contributed by atoms with Crippen molar-refractivity contribution in [2.24, 2.45) is 10.9 Å². The number of carbonyl (C=O) groups excluding carboxylic acids is 2. The molecule has 0 bridgehead atoms. The van der Waals surface area contributed by atoms with Gasteiger partial charge in [-0.2, -0.15) is 0 Å². The van der Waals surface area contributed by atoms with Crippen LogP contribution in [0.5, 0.6) is 0 Å². The van der Waals surface area contributed by atoms with Gasteiger partial charge in [0.1, 0.15) is 18.3 Å². The predicted octanol–water partition coefficient (Wildman–Crippen LogP) is 4.85. The number of anilines is 1. The smallest absolute Gasteiger partial charge is 0.252 e. The van der Waals surface area contributed by atoms with E-state index in [1.54, 1.807) is 30.5 Å². The second-order valence-corrected chi connectivity index (χ2v) is 8.55. The molecule has 2 aromatic carbocycles. The van der Waals surface area contributed by atoms with Crippen LogP contribution in [0.3, 0.4) is 0 Å². The number of hydrogen-bond donors (Lipinski definition) is 1. The lowest BCUT2D eigenvalue weighted by atomic mass is 9.98. The van der Waals surface area contributed by atoms with Crippen LogP contribution in [-0.2, 0) is 16.1 Å². The van der Waals surface area contributed by atoms with E-state index in [-0.39, 0.29) is 30.8 Å². The molecule has 7 heteroatoms. The van der Waals surface area contributed by atoms with E-state index < -0.39 is 6.04 Å². The second-order valence-electron chi connectivity index (χ2n) is 8.12. The molecule has 0 saturated heterocycles. The van der Waals surface area contributed by atoms with E-state index in [1.165, 1.54) is 4.90 Å². The molecule has 1 aliphatic heterocycles. The Balaban J connectivity index is 1.74. The molecule has 4 rings (SSSR count). The summed E-state index contributed by atoms with van der Waals surface area (Å²) in [5.41, 5.74) is 2.94. The number of nitrogens with one attached hydrogen (secondary N) is 1. The number of amides is 2. The molecule has 170 valence electrons. The van der Waals surface area contributed by atoms with Crippen molar-refractivity contribution in [1.29, 1.82) is 0 Å². The Bertz CT molecular complexity index is 1160. The third-order valence-corrected chi connectivity index (χ3v) is 6.10. The molecule has 1 aromatic heterocycles. The SMILES string of the molecule is CC[C@H](C)[C@H]1N=C(c2ccccc2)c2cc(Cl)ccc2N(CC(=O)NCc2ccco2)C1=O. The number of aliphatic imine (C=N–C) groups is 1. The van der Waals surface area contributed by atoms with Crippen molar-refractivity contribution >= 4 is 34.8 Å². The number of halogens is 1. The third kappa shape index (κ3) is 5.01. The lowest BCUT2D eigenvalue weighted by Crippen LogP contribution is -2.46. The zero-order valence-electron chi connectivity index (χ0n) is 18.6. The number of nitrogens with zero attached hydrogens (tertiary/aromatic N) is 2. The van der Waals surface area contributed by atoms with Crippen LogP contribution in [0, 0.1) is 5.92 Å². The maximum absolute atomic E-state index is 13.7. The highest BCUT2D eigenvalue weighted by atomic mass is 35.5. The molecule has 0 spiro atoms. The summed E-state index contributed by atoms with van der Waals surface area (Å²) in [4.78, 5) is 33.0. The summed E-state index contributed by atoms with van der Waals surface area (Å²) in [5, 5.41) is 3.36. The molecule has 6 nitrogen and oxygen atoms in total. The minimum Gasteiger partial charge on any atom is -0.467 e. The summed E-state index contributed by atoms with van der Waals surface area (Å²) in [5.74, 6) is 0.151. The van der Waals surface area contributed by atoms with Crippen LogP contribution in [-0.4, -0.2) is 30.1 Å². The summed E-state index contributed by atoms with van der Waals surface area (Å²) in [6.45, 7) is 4.17. The summed E-state index contributed by atoms with van der Waals surface area (Å²) in [7, 11) is 0. The molecule has 0 fully saturated rings. The summed E-state index contributed by atoms with van der Waals surface area (Å²) in [6.07, 6.45) is 2.33. The normalized spacial score (nSPS) is 16.6. The molecule has 0 radical (unpaired) electrons. The van der Waals surface area contributed by atoms with Crippen molar-refractivity contribution < 1.29 is 14.0 Å². The highest BCUT2D eigenvalue weighted by molar-refractivity contribution is 6.32. The molecule has 33 heavy (non-hydrogen) atoms. The Labute approximate surface area is 198 Å². The molecular formula is C26H26ClN3O3. The van der Waals surface area contributed by atoms with Crippen LogP contribution in [0.25, 0.3) is 0 Å². The van der Waals surface area contributed by atoms with Gasteiger partial charge in [0.15, 0.2) is 0 Å². The summed E-state index contributed by atoms with van der Waals surface area (Å²) >= 11 is 6.36. The van der Waals surface area contributed by atoms with Crippen molar-refractivity contribution in [3.63, 3.8) is 0 Å². The quantitative estimate of drug-likeness (QED) is 0.544. The van der Waals surface area contributed by atoms with E-state index in [9.17, 15) is 9.59 Å². The number of benzodiazepines with no additional fused rings is 1. The van der Waals surface area contributed by atoms with Gasteiger partial charge >= 0.3 is 0 Å². The fourth-order valence-corrected chi connectivity index (χ4v) is 4.03. The molecule has 0 aliphatic carbocycles. The van der Waals surface area contributed by atoms with Crippen molar-refractivity contribution in [2.45, 2.75) is 32.9 Å². The van der Waals surface area contributed by atoms with E-state index in [2.05, 4.69) is 5.32 Å². The average Bonchev–Trinajstić information content (AvgIpc) is 3.32. The zero-order chi connectivity index (χ0) is 23.4. The summed E-state index contributed by atoms with van der Waals surface area (Å²) < 4.78 is 5.28. The monoisotopic (exact) mass is 463 g/mol. The maximum atomic E-state index is 13.7. The molecule has 1 aliphatic rings. The highest BCUT2D eigenvalue weighted by Gasteiger charge is 2.35. The largest absolute Gasteiger partial charge is 0.467 e. The summed E-state index contributed by atoms with van der Waals surface area (Å²) in [6, 6.07) is 18.0. The topological polar surface area (TPSA) is 74.9 Å². The van der Waals surface area contributed by atoms with Gasteiger partial charge in [-0.3, -0.25) is 14.6 Å². The van der Waals surface area contributed by atoms with E-state index >= 15 is 0 Å². The minimum atomic E-state index is -0.616. The van der Waals surface area contributed by atoms with Crippen molar-refractivity contribution in [2.75, 3.05) is 11.4 Å². The molecule has 1 N–H and O–H groups in total. The van der Waals surface area contributed by atoms with Crippen LogP contribution in [0.1, 0.15) is 37.2 Å². The van der Waals surface area contributed by atoms with E-state index in [0.29, 0.717) is 22.2 Å². The third-order valence-electron chi connectivity index (χ3n) is 5.86. The Morgan fingerprint density at radius 1 is 1.18 bits per heavy atom. The van der Waals surface area contributed by atoms with Gasteiger partial charge in [0.2, 0.25) is 5.91 Å². The number of rotatable bonds is 7. The molecule has 0 unspecified atom stereocenters. The van der Waals surface area contributed by atoms with Gasteiger partial charge in [-0.1, -0.05) is 62.2 Å². The fraction of sp³-hybridized carbons (Fsp3) is 0.269.